The molecule has 4 nitrogen and oxygen atoms in total. The lowest BCUT2D eigenvalue weighted by Crippen LogP contribution is -2.44. The van der Waals surface area contributed by atoms with E-state index < -0.39 is 12.0 Å². The van der Waals surface area contributed by atoms with Gasteiger partial charge in [0, 0.05) is 5.92 Å². The number of carbonyl (C=O) groups is 2. The molecule has 0 saturated heterocycles. The van der Waals surface area contributed by atoms with E-state index >= 15 is 0 Å². The van der Waals surface area contributed by atoms with Crippen LogP contribution in [0.3, 0.4) is 0 Å². The zero-order valence-corrected chi connectivity index (χ0v) is 10.7. The molecule has 1 amide bonds. The van der Waals surface area contributed by atoms with Crippen LogP contribution in [0.1, 0.15) is 52.4 Å². The molecule has 0 heterocycles. The van der Waals surface area contributed by atoms with Gasteiger partial charge in [0.15, 0.2) is 0 Å². The molecule has 1 rings (SSSR count). The second-order valence-electron chi connectivity index (χ2n) is 5.14. The molecule has 17 heavy (non-hydrogen) atoms. The Bertz CT molecular complexity index is 270. The summed E-state index contributed by atoms with van der Waals surface area (Å²) in [5.74, 6) is -0.281. The van der Waals surface area contributed by atoms with Crippen LogP contribution in [-0.4, -0.2) is 23.0 Å². The minimum atomic E-state index is -0.927. The van der Waals surface area contributed by atoms with Crippen molar-refractivity contribution in [2.45, 2.75) is 58.4 Å². The molecule has 0 unspecified atom stereocenters. The highest BCUT2D eigenvalue weighted by Gasteiger charge is 2.27. The average molecular weight is 241 g/mol. The Labute approximate surface area is 103 Å². The van der Waals surface area contributed by atoms with Crippen molar-refractivity contribution in [2.24, 2.45) is 11.8 Å². The first-order chi connectivity index (χ1) is 8.04. The fourth-order valence-corrected chi connectivity index (χ4v) is 2.36. The third-order valence-corrected chi connectivity index (χ3v) is 3.58. The van der Waals surface area contributed by atoms with E-state index in [9.17, 15) is 9.59 Å². The summed E-state index contributed by atoms with van der Waals surface area (Å²) in [7, 11) is 0. The van der Waals surface area contributed by atoms with Crippen LogP contribution in [0.4, 0.5) is 0 Å². The van der Waals surface area contributed by atoms with E-state index in [2.05, 4.69) is 12.2 Å². The van der Waals surface area contributed by atoms with Crippen LogP contribution in [-0.2, 0) is 9.59 Å². The Kier molecular flexibility index (Phi) is 5.45. The molecular formula is C13H23NO3. The molecule has 98 valence electrons. The lowest BCUT2D eigenvalue weighted by atomic mass is 9.82. The van der Waals surface area contributed by atoms with Gasteiger partial charge in [-0.25, -0.2) is 4.79 Å². The molecule has 0 aromatic heterocycles. The highest BCUT2D eigenvalue weighted by molar-refractivity contribution is 5.84. The van der Waals surface area contributed by atoms with Gasteiger partial charge in [-0.15, -0.1) is 0 Å². The maximum absolute atomic E-state index is 11.9. The standard InChI is InChI=1S/C13H23NO3/c1-3-4-11(13(16)17)14-12(15)10-7-5-9(2)6-8-10/h9-11H,3-8H2,1-2H3,(H,14,15)(H,16,17)/t9?,10?,11-/m1/s1. The largest absolute Gasteiger partial charge is 0.480 e. The molecule has 0 aromatic rings. The van der Waals surface area contributed by atoms with E-state index in [1.54, 1.807) is 0 Å². The number of hydrogen-bond acceptors (Lipinski definition) is 2. The Morgan fingerprint density at radius 3 is 2.35 bits per heavy atom. The molecule has 2 N–H and O–H groups in total. The average Bonchev–Trinajstić information content (AvgIpc) is 2.29. The van der Waals surface area contributed by atoms with Gasteiger partial charge in [0.05, 0.1) is 0 Å². The van der Waals surface area contributed by atoms with Gasteiger partial charge in [0.2, 0.25) is 5.91 Å². The predicted octanol–water partition coefficient (Wildman–Crippen LogP) is 2.18. The first kappa shape index (κ1) is 14.0. The smallest absolute Gasteiger partial charge is 0.326 e. The van der Waals surface area contributed by atoms with Gasteiger partial charge in [-0.1, -0.05) is 20.3 Å². The van der Waals surface area contributed by atoms with E-state index in [1.807, 2.05) is 6.92 Å². The van der Waals surface area contributed by atoms with Gasteiger partial charge < -0.3 is 10.4 Å². The number of hydrogen-bond donors (Lipinski definition) is 2. The predicted molar refractivity (Wildman–Crippen MR) is 65.6 cm³/mol. The molecule has 4 heteroatoms. The first-order valence-electron chi connectivity index (χ1n) is 6.57. The lowest BCUT2D eigenvalue weighted by molar-refractivity contribution is -0.142. The summed E-state index contributed by atoms with van der Waals surface area (Å²) in [5, 5.41) is 11.6. The molecule has 0 bridgehead atoms. The summed E-state index contributed by atoms with van der Waals surface area (Å²) in [4.78, 5) is 22.9. The van der Waals surface area contributed by atoms with Crippen LogP contribution in [0, 0.1) is 11.8 Å². The number of aliphatic carboxylic acids is 1. The van der Waals surface area contributed by atoms with Crippen molar-refractivity contribution in [3.05, 3.63) is 0 Å². The van der Waals surface area contributed by atoms with Crippen molar-refractivity contribution in [1.29, 1.82) is 0 Å². The Morgan fingerprint density at radius 1 is 1.29 bits per heavy atom. The van der Waals surface area contributed by atoms with E-state index in [4.69, 9.17) is 5.11 Å². The molecule has 0 radical (unpaired) electrons. The summed E-state index contributed by atoms with van der Waals surface area (Å²) < 4.78 is 0. The SMILES string of the molecule is CCC[C@@H](NC(=O)C1CCC(C)CC1)C(=O)O. The number of amides is 1. The molecular weight excluding hydrogens is 218 g/mol. The van der Waals surface area contributed by atoms with Crippen LogP contribution in [0.2, 0.25) is 0 Å². The monoisotopic (exact) mass is 241 g/mol. The highest BCUT2D eigenvalue weighted by atomic mass is 16.4. The zero-order chi connectivity index (χ0) is 12.8. The molecule has 1 aliphatic carbocycles. The van der Waals surface area contributed by atoms with Gasteiger partial charge in [0.25, 0.3) is 0 Å². The first-order valence-corrected chi connectivity index (χ1v) is 6.57. The van der Waals surface area contributed by atoms with Crippen LogP contribution in [0.25, 0.3) is 0 Å². The normalized spacial score (nSPS) is 26.2. The van der Waals surface area contributed by atoms with Crippen molar-refractivity contribution >= 4 is 11.9 Å². The fourth-order valence-electron chi connectivity index (χ4n) is 2.36. The van der Waals surface area contributed by atoms with Crippen LogP contribution >= 0.6 is 0 Å². The van der Waals surface area contributed by atoms with E-state index in [-0.39, 0.29) is 11.8 Å². The van der Waals surface area contributed by atoms with Gasteiger partial charge in [-0.05, 0) is 38.0 Å². The molecule has 1 atom stereocenters. The van der Waals surface area contributed by atoms with Gasteiger partial charge >= 0.3 is 5.97 Å². The summed E-state index contributed by atoms with van der Waals surface area (Å²) in [6.07, 6.45) is 5.20. The number of nitrogens with one attached hydrogen (secondary N) is 1. The number of carbonyl (C=O) groups excluding carboxylic acids is 1. The minimum absolute atomic E-state index is 0.0184. The lowest BCUT2D eigenvalue weighted by Gasteiger charge is -2.26. The summed E-state index contributed by atoms with van der Waals surface area (Å²) in [6, 6.07) is -0.716. The van der Waals surface area contributed by atoms with Gasteiger partial charge in [0.1, 0.15) is 6.04 Å². The van der Waals surface area contributed by atoms with Crippen molar-refractivity contribution < 1.29 is 14.7 Å². The Balaban J connectivity index is 2.44. The molecule has 1 aliphatic rings. The summed E-state index contributed by atoms with van der Waals surface area (Å²) >= 11 is 0. The highest BCUT2D eigenvalue weighted by Crippen LogP contribution is 2.28. The van der Waals surface area contributed by atoms with Crippen LogP contribution in [0.15, 0.2) is 0 Å². The Hall–Kier alpha value is -1.06. The van der Waals surface area contributed by atoms with E-state index in [0.717, 1.165) is 32.1 Å². The van der Waals surface area contributed by atoms with E-state index in [1.165, 1.54) is 0 Å². The van der Waals surface area contributed by atoms with Gasteiger partial charge in [-0.3, -0.25) is 4.79 Å². The van der Waals surface area contributed by atoms with Crippen molar-refractivity contribution in [2.75, 3.05) is 0 Å². The molecule has 0 aliphatic heterocycles. The summed E-state index contributed by atoms with van der Waals surface area (Å²) in [5.41, 5.74) is 0. The third-order valence-electron chi connectivity index (χ3n) is 3.58. The van der Waals surface area contributed by atoms with E-state index in [0.29, 0.717) is 12.3 Å². The molecule has 1 fully saturated rings. The van der Waals surface area contributed by atoms with Crippen molar-refractivity contribution in [3.63, 3.8) is 0 Å². The van der Waals surface area contributed by atoms with Gasteiger partial charge in [-0.2, -0.15) is 0 Å². The molecule has 0 spiro atoms. The quantitative estimate of drug-likeness (QED) is 0.775. The van der Waals surface area contributed by atoms with Crippen LogP contribution < -0.4 is 5.32 Å². The number of carboxylic acid groups (broad SMARTS) is 1. The second-order valence-corrected chi connectivity index (χ2v) is 5.14. The second kappa shape index (κ2) is 6.62. The van der Waals surface area contributed by atoms with Crippen LogP contribution in [0.5, 0.6) is 0 Å². The number of rotatable bonds is 5. The molecule has 0 aromatic carbocycles. The molecule has 1 saturated carbocycles. The van der Waals surface area contributed by atoms with Crippen molar-refractivity contribution in [3.8, 4) is 0 Å². The fraction of sp³-hybridized carbons (Fsp3) is 0.846. The zero-order valence-electron chi connectivity index (χ0n) is 10.7. The Morgan fingerprint density at radius 2 is 1.88 bits per heavy atom. The van der Waals surface area contributed by atoms with Crippen molar-refractivity contribution in [1.82, 2.24) is 5.32 Å². The summed E-state index contributed by atoms with van der Waals surface area (Å²) in [6.45, 7) is 4.12. The minimum Gasteiger partial charge on any atom is -0.480 e. The third kappa shape index (κ3) is 4.36. The number of carboxylic acids is 1. The maximum Gasteiger partial charge on any atom is 0.326 e. The maximum atomic E-state index is 11.9. The topological polar surface area (TPSA) is 66.4 Å².